The number of phenols is 1. The molecule has 9 nitrogen and oxygen atoms in total. The molecule has 198 valence electrons. The maximum Gasteiger partial charge on any atom is 0.255 e. The van der Waals surface area contributed by atoms with Gasteiger partial charge in [0.25, 0.3) is 5.91 Å². The van der Waals surface area contributed by atoms with Crippen molar-refractivity contribution in [1.82, 2.24) is 4.90 Å². The van der Waals surface area contributed by atoms with Crippen molar-refractivity contribution >= 4 is 23.2 Å². The number of hydrogen-bond donors (Lipinski definition) is 5. The predicted molar refractivity (Wildman–Crippen MR) is 135 cm³/mol. The Morgan fingerprint density at radius 3 is 2.43 bits per heavy atom. The molecule has 4 aliphatic rings. The molecule has 1 amide bonds. The molecule has 6 N–H and O–H groups in total. The Morgan fingerprint density at radius 2 is 1.81 bits per heavy atom. The predicted octanol–water partition coefficient (Wildman–Crippen LogP) is 2.09. The van der Waals surface area contributed by atoms with Crippen molar-refractivity contribution in [3.05, 3.63) is 45.7 Å². The van der Waals surface area contributed by atoms with Gasteiger partial charge in [-0.3, -0.25) is 19.3 Å². The van der Waals surface area contributed by atoms with E-state index < -0.39 is 58.0 Å². The van der Waals surface area contributed by atoms with Gasteiger partial charge in [-0.1, -0.05) is 31.7 Å². The zero-order chi connectivity index (χ0) is 26.8. The van der Waals surface area contributed by atoms with Gasteiger partial charge in [-0.2, -0.15) is 0 Å². The van der Waals surface area contributed by atoms with Crippen molar-refractivity contribution in [2.24, 2.45) is 23.5 Å². The summed E-state index contributed by atoms with van der Waals surface area (Å²) in [6, 6.07) is 2.29. The molecule has 37 heavy (non-hydrogen) atoms. The first kappa shape index (κ1) is 25.5. The summed E-state index contributed by atoms with van der Waals surface area (Å²) in [7, 11) is 3.18. The molecule has 0 bridgehead atoms. The SMILES string of the molecule is CN(C)[C@@H]1C(=O)C(C(N)=O)=C(O)[C@@]2(O)C(=O)C3=C(O)c4c(O)ccc(CCC5CCCC5)c4C[C@H]3C[C@@H]12. The average Bonchev–Trinajstić information content (AvgIpc) is 3.34. The van der Waals surface area contributed by atoms with Crippen molar-refractivity contribution in [2.75, 3.05) is 14.1 Å². The minimum atomic E-state index is -2.61. The lowest BCUT2D eigenvalue weighted by Gasteiger charge is -2.50. The van der Waals surface area contributed by atoms with Gasteiger partial charge in [-0.25, -0.2) is 0 Å². The van der Waals surface area contributed by atoms with E-state index in [2.05, 4.69) is 0 Å². The standard InChI is InChI=1S/C28H34N2O7/c1-30(2)22-17-12-15-11-16-14(8-7-13-5-3-4-6-13)9-10-18(31)20(16)23(32)19(15)25(34)28(17,37)26(35)21(24(22)33)27(29)36/h9-10,13,15,17,22,31-32,35,37H,3-8,11-12H2,1-2H3,(H2,29,36)/t15-,17-,22-,28-/m0/s1. The molecule has 0 aromatic heterocycles. The summed E-state index contributed by atoms with van der Waals surface area (Å²) >= 11 is 0. The highest BCUT2D eigenvalue weighted by molar-refractivity contribution is 6.24. The van der Waals surface area contributed by atoms with Crippen LogP contribution in [0.3, 0.4) is 0 Å². The van der Waals surface area contributed by atoms with E-state index in [4.69, 9.17) is 5.73 Å². The number of amides is 1. The van der Waals surface area contributed by atoms with Crippen LogP contribution in [0.2, 0.25) is 0 Å². The second kappa shape index (κ2) is 8.99. The summed E-state index contributed by atoms with van der Waals surface area (Å²) in [4.78, 5) is 40.6. The number of aliphatic hydroxyl groups is 3. The minimum Gasteiger partial charge on any atom is -0.508 e. The number of nitrogens with zero attached hydrogens (tertiary/aromatic N) is 1. The summed E-state index contributed by atoms with van der Waals surface area (Å²) in [5.41, 5.74) is 3.76. The van der Waals surface area contributed by atoms with Gasteiger partial charge in [-0.15, -0.1) is 0 Å². The quantitative estimate of drug-likeness (QED) is 0.376. The second-order valence-electron chi connectivity index (χ2n) is 11.2. The highest BCUT2D eigenvalue weighted by atomic mass is 16.3. The molecule has 2 saturated carbocycles. The lowest BCUT2D eigenvalue weighted by atomic mass is 9.57. The van der Waals surface area contributed by atoms with Gasteiger partial charge in [-0.05, 0) is 68.8 Å². The summed E-state index contributed by atoms with van der Waals surface area (Å²) in [6.45, 7) is 0. The number of Topliss-reactive ketones (excluding diaryl/α,β-unsaturated/α-hetero) is 2. The largest absolute Gasteiger partial charge is 0.508 e. The molecule has 0 unspecified atom stereocenters. The second-order valence-corrected chi connectivity index (χ2v) is 11.2. The van der Waals surface area contributed by atoms with E-state index >= 15 is 0 Å². The van der Waals surface area contributed by atoms with Crippen LogP contribution < -0.4 is 5.73 Å². The maximum atomic E-state index is 13.9. The first-order valence-electron chi connectivity index (χ1n) is 13.0. The Bertz CT molecular complexity index is 1260. The van der Waals surface area contributed by atoms with Crippen molar-refractivity contribution in [3.63, 3.8) is 0 Å². The molecule has 2 fully saturated rings. The van der Waals surface area contributed by atoms with Gasteiger partial charge >= 0.3 is 0 Å². The van der Waals surface area contributed by atoms with E-state index in [1.54, 1.807) is 14.1 Å². The Labute approximate surface area is 215 Å². The lowest BCUT2D eigenvalue weighted by Crippen LogP contribution is -2.65. The van der Waals surface area contributed by atoms with Crippen LogP contribution in [0.1, 0.15) is 55.2 Å². The Hall–Kier alpha value is -3.17. The van der Waals surface area contributed by atoms with Gasteiger partial charge in [0.1, 0.15) is 22.8 Å². The number of benzene rings is 1. The van der Waals surface area contributed by atoms with E-state index in [0.29, 0.717) is 12.3 Å². The monoisotopic (exact) mass is 510 g/mol. The first-order chi connectivity index (χ1) is 17.5. The number of hydrogen-bond acceptors (Lipinski definition) is 8. The van der Waals surface area contributed by atoms with E-state index in [0.717, 1.165) is 24.0 Å². The molecule has 0 radical (unpaired) electrons. The summed E-state index contributed by atoms with van der Waals surface area (Å²) in [5.74, 6) is -5.61. The fourth-order valence-electron chi connectivity index (χ4n) is 7.20. The number of ketones is 2. The highest BCUT2D eigenvalue weighted by Crippen LogP contribution is 2.53. The van der Waals surface area contributed by atoms with Crippen LogP contribution in [0.15, 0.2) is 29.0 Å². The maximum absolute atomic E-state index is 13.9. The number of carbonyl (C=O) groups excluding carboxylic acids is 3. The summed E-state index contributed by atoms with van der Waals surface area (Å²) in [5, 5.41) is 44.6. The number of aromatic hydroxyl groups is 1. The number of likely N-dealkylation sites (N-methyl/N-ethyl adjacent to an activating group) is 1. The number of rotatable bonds is 5. The number of fused-ring (bicyclic) bond motifs is 3. The molecule has 4 aliphatic carbocycles. The Balaban J connectivity index is 1.62. The molecular weight excluding hydrogens is 476 g/mol. The summed E-state index contributed by atoms with van der Waals surface area (Å²) in [6.07, 6.45) is 7.12. The number of phenolic OH excluding ortho intramolecular Hbond substituents is 1. The Kier molecular flexibility index (Phi) is 6.19. The van der Waals surface area contributed by atoms with Crippen molar-refractivity contribution in [2.45, 2.75) is 63.0 Å². The molecule has 1 aromatic carbocycles. The van der Waals surface area contributed by atoms with Crippen LogP contribution in [0.5, 0.6) is 5.75 Å². The third-order valence-corrected chi connectivity index (χ3v) is 9.00. The highest BCUT2D eigenvalue weighted by Gasteiger charge is 2.64. The van der Waals surface area contributed by atoms with Gasteiger partial charge in [0.2, 0.25) is 5.78 Å². The Morgan fingerprint density at radius 1 is 1.14 bits per heavy atom. The third kappa shape index (κ3) is 3.70. The van der Waals surface area contributed by atoms with Crippen LogP contribution in [-0.4, -0.2) is 68.5 Å². The number of carbonyl (C=O) groups is 3. The van der Waals surface area contributed by atoms with Gasteiger partial charge in [0.15, 0.2) is 11.4 Å². The number of primary amides is 1. The molecule has 9 heteroatoms. The molecule has 0 saturated heterocycles. The van der Waals surface area contributed by atoms with E-state index in [9.17, 15) is 34.8 Å². The zero-order valence-corrected chi connectivity index (χ0v) is 21.2. The zero-order valence-electron chi connectivity index (χ0n) is 21.2. The van der Waals surface area contributed by atoms with Crippen LogP contribution in [0, 0.1) is 17.8 Å². The normalized spacial score (nSPS) is 30.0. The van der Waals surface area contributed by atoms with E-state index in [-0.39, 0.29) is 23.3 Å². The molecule has 1 aromatic rings. The molecule has 5 rings (SSSR count). The van der Waals surface area contributed by atoms with Gasteiger partial charge in [0, 0.05) is 11.5 Å². The van der Waals surface area contributed by atoms with Gasteiger partial charge in [0.05, 0.1) is 11.6 Å². The van der Waals surface area contributed by atoms with Crippen LogP contribution in [-0.2, 0) is 27.2 Å². The minimum absolute atomic E-state index is 0.101. The smallest absolute Gasteiger partial charge is 0.255 e. The van der Waals surface area contributed by atoms with Crippen LogP contribution in [0.25, 0.3) is 5.76 Å². The van der Waals surface area contributed by atoms with Crippen molar-refractivity contribution in [3.8, 4) is 5.75 Å². The summed E-state index contributed by atoms with van der Waals surface area (Å²) < 4.78 is 0. The number of nitrogens with two attached hydrogens (primary N) is 1. The van der Waals surface area contributed by atoms with E-state index in [1.165, 1.54) is 36.6 Å². The van der Waals surface area contributed by atoms with Gasteiger partial charge < -0.3 is 26.2 Å². The number of aryl methyl sites for hydroxylation is 1. The fraction of sp³-hybridized carbons (Fsp3) is 0.536. The average molecular weight is 511 g/mol. The fourth-order valence-corrected chi connectivity index (χ4v) is 7.20. The lowest BCUT2D eigenvalue weighted by molar-refractivity contribution is -0.153. The van der Waals surface area contributed by atoms with Crippen LogP contribution in [0.4, 0.5) is 0 Å². The number of aliphatic hydroxyl groups excluding tert-OH is 2. The topological polar surface area (TPSA) is 161 Å². The van der Waals surface area contributed by atoms with Crippen LogP contribution >= 0.6 is 0 Å². The molecular formula is C28H34N2O7. The van der Waals surface area contributed by atoms with E-state index in [1.807, 2.05) is 6.07 Å². The van der Waals surface area contributed by atoms with Crippen molar-refractivity contribution < 1.29 is 34.8 Å². The molecule has 0 heterocycles. The molecule has 0 aliphatic heterocycles. The molecule has 0 spiro atoms. The first-order valence-corrected chi connectivity index (χ1v) is 13.0. The third-order valence-electron chi connectivity index (χ3n) is 9.00. The molecule has 4 atom stereocenters. The van der Waals surface area contributed by atoms with Crippen molar-refractivity contribution in [1.29, 1.82) is 0 Å².